The Morgan fingerprint density at radius 1 is 1.07 bits per heavy atom. The molecule has 1 unspecified atom stereocenters. The molecular weight excluding hydrogens is 402 g/mol. The third-order valence-electron chi connectivity index (χ3n) is 4.51. The number of carbonyl (C=O) groups is 2. The van der Waals surface area contributed by atoms with E-state index in [0.717, 1.165) is 10.8 Å². The Kier molecular flexibility index (Phi) is 6.69. The Morgan fingerprint density at radius 3 is 2.53 bits per heavy atom. The Labute approximate surface area is 178 Å². The van der Waals surface area contributed by atoms with Gasteiger partial charge in [-0.2, -0.15) is 0 Å². The van der Waals surface area contributed by atoms with Crippen LogP contribution in [0.25, 0.3) is 21.8 Å². The highest BCUT2D eigenvalue weighted by molar-refractivity contribution is 6.31. The van der Waals surface area contributed by atoms with Crippen LogP contribution < -0.4 is 5.32 Å². The lowest BCUT2D eigenvalue weighted by atomic mass is 10.1. The molecule has 0 aliphatic heterocycles. The van der Waals surface area contributed by atoms with E-state index in [1.165, 1.54) is 0 Å². The summed E-state index contributed by atoms with van der Waals surface area (Å²) in [5.41, 5.74) is 1.80. The minimum Gasteiger partial charge on any atom is -0.480 e. The number of carbonyl (C=O) groups excluding carboxylic acids is 1. The third kappa shape index (κ3) is 4.78. The van der Waals surface area contributed by atoms with Crippen LogP contribution in [0.15, 0.2) is 60.7 Å². The highest BCUT2D eigenvalue weighted by Gasteiger charge is 2.23. The van der Waals surface area contributed by atoms with Crippen LogP contribution in [0.1, 0.15) is 30.0 Å². The molecule has 154 valence electrons. The van der Waals surface area contributed by atoms with Crippen LogP contribution in [-0.2, 0) is 11.2 Å². The van der Waals surface area contributed by atoms with Crippen LogP contribution in [0.2, 0.25) is 5.02 Å². The first-order chi connectivity index (χ1) is 14.5. The number of H-pyrrole nitrogens is 1. The number of halogens is 1. The molecule has 4 rings (SSSR count). The van der Waals surface area contributed by atoms with Gasteiger partial charge in [0.05, 0.1) is 11.0 Å². The summed E-state index contributed by atoms with van der Waals surface area (Å²) in [7, 11) is 0. The van der Waals surface area contributed by atoms with Crippen LogP contribution in [0, 0.1) is 0 Å². The maximum atomic E-state index is 12.6. The van der Waals surface area contributed by atoms with Gasteiger partial charge in [-0.15, -0.1) is 0 Å². The number of hydrogen-bond donors (Lipinski definition) is 3. The molecule has 1 atom stereocenters. The molecule has 0 bridgehead atoms. The lowest BCUT2D eigenvalue weighted by Gasteiger charge is -2.13. The van der Waals surface area contributed by atoms with Crippen LogP contribution in [0.4, 0.5) is 0 Å². The second-order valence-electron chi connectivity index (χ2n) is 6.48. The second-order valence-corrected chi connectivity index (χ2v) is 6.91. The van der Waals surface area contributed by atoms with Gasteiger partial charge in [0.2, 0.25) is 0 Å². The van der Waals surface area contributed by atoms with Gasteiger partial charge in [0.25, 0.3) is 5.91 Å². The van der Waals surface area contributed by atoms with Gasteiger partial charge in [0, 0.05) is 17.0 Å². The van der Waals surface area contributed by atoms with Gasteiger partial charge < -0.3 is 15.4 Å². The number of nitrogens with zero attached hydrogens (tertiary/aromatic N) is 1. The van der Waals surface area contributed by atoms with Crippen molar-refractivity contribution in [3.63, 3.8) is 0 Å². The number of aromatic nitrogens is 2. The van der Waals surface area contributed by atoms with E-state index in [0.29, 0.717) is 27.4 Å². The molecule has 0 radical (unpaired) electrons. The number of benzene rings is 3. The van der Waals surface area contributed by atoms with Crippen LogP contribution in [0.3, 0.4) is 0 Å². The Bertz CT molecular complexity index is 1200. The fourth-order valence-corrected chi connectivity index (χ4v) is 3.27. The van der Waals surface area contributed by atoms with Crippen molar-refractivity contribution >= 4 is 45.3 Å². The highest BCUT2D eigenvalue weighted by atomic mass is 35.5. The SMILES string of the molecule is CC.O=C(NC(Cc1nc2ccc(Cl)cc2[nH]1)C(=O)O)c1ccc2ccccc2c1. The van der Waals surface area contributed by atoms with Crippen molar-refractivity contribution in [2.75, 3.05) is 0 Å². The molecule has 3 N–H and O–H groups in total. The number of carboxylic acids is 1. The minimum atomic E-state index is -1.13. The molecular formula is C23H22ClN3O3. The van der Waals surface area contributed by atoms with Gasteiger partial charge in [-0.1, -0.05) is 55.8 Å². The molecule has 0 spiro atoms. The molecule has 7 heteroatoms. The summed E-state index contributed by atoms with van der Waals surface area (Å²) in [6, 6.07) is 17.0. The molecule has 4 aromatic rings. The molecule has 0 saturated heterocycles. The summed E-state index contributed by atoms with van der Waals surface area (Å²) in [4.78, 5) is 31.7. The van der Waals surface area contributed by atoms with E-state index in [2.05, 4.69) is 15.3 Å². The molecule has 0 fully saturated rings. The van der Waals surface area contributed by atoms with Crippen LogP contribution >= 0.6 is 11.6 Å². The van der Waals surface area contributed by atoms with Crippen molar-refractivity contribution in [1.29, 1.82) is 0 Å². The summed E-state index contributed by atoms with van der Waals surface area (Å²) in [6.45, 7) is 4.00. The first-order valence-electron chi connectivity index (χ1n) is 9.66. The van der Waals surface area contributed by atoms with Crippen molar-refractivity contribution < 1.29 is 14.7 Å². The fourth-order valence-electron chi connectivity index (χ4n) is 3.10. The molecule has 0 aliphatic rings. The normalized spacial score (nSPS) is 11.6. The molecule has 1 amide bonds. The summed E-state index contributed by atoms with van der Waals surface area (Å²) in [5, 5.41) is 14.6. The largest absolute Gasteiger partial charge is 0.480 e. The number of hydrogen-bond acceptors (Lipinski definition) is 3. The minimum absolute atomic E-state index is 0.0287. The molecule has 1 aromatic heterocycles. The summed E-state index contributed by atoms with van der Waals surface area (Å²) in [6.07, 6.45) is 0.0287. The number of aliphatic carboxylic acids is 1. The molecule has 6 nitrogen and oxygen atoms in total. The van der Waals surface area contributed by atoms with Crippen molar-refractivity contribution in [1.82, 2.24) is 15.3 Å². The van der Waals surface area contributed by atoms with Crippen molar-refractivity contribution in [3.8, 4) is 0 Å². The van der Waals surface area contributed by atoms with Gasteiger partial charge in [-0.05, 0) is 41.1 Å². The van der Waals surface area contributed by atoms with Gasteiger partial charge in [-0.25, -0.2) is 9.78 Å². The zero-order valence-corrected chi connectivity index (χ0v) is 17.4. The van der Waals surface area contributed by atoms with E-state index in [1.807, 2.05) is 44.2 Å². The summed E-state index contributed by atoms with van der Waals surface area (Å²) >= 11 is 5.96. The third-order valence-corrected chi connectivity index (χ3v) is 4.74. The second kappa shape index (κ2) is 9.41. The maximum absolute atomic E-state index is 12.6. The summed E-state index contributed by atoms with van der Waals surface area (Å²) < 4.78 is 0. The van der Waals surface area contributed by atoms with Crippen LogP contribution in [-0.4, -0.2) is 33.0 Å². The average molecular weight is 424 g/mol. The number of imidazole rings is 1. The first kappa shape index (κ1) is 21.3. The Balaban J connectivity index is 0.00000124. The fraction of sp³-hybridized carbons (Fsp3) is 0.174. The predicted octanol–water partition coefficient (Wildman–Crippen LogP) is 4.82. The summed E-state index contributed by atoms with van der Waals surface area (Å²) in [5.74, 6) is -1.12. The van der Waals surface area contributed by atoms with E-state index < -0.39 is 17.9 Å². The quantitative estimate of drug-likeness (QED) is 0.428. The number of nitrogens with one attached hydrogen (secondary N) is 2. The molecule has 3 aromatic carbocycles. The van der Waals surface area contributed by atoms with E-state index >= 15 is 0 Å². The van der Waals surface area contributed by atoms with Gasteiger partial charge in [0.1, 0.15) is 11.9 Å². The zero-order chi connectivity index (χ0) is 21.7. The highest BCUT2D eigenvalue weighted by Crippen LogP contribution is 2.18. The van der Waals surface area contributed by atoms with Gasteiger partial charge in [0.15, 0.2) is 0 Å². The van der Waals surface area contributed by atoms with E-state index in [4.69, 9.17) is 11.6 Å². The predicted molar refractivity (Wildman–Crippen MR) is 119 cm³/mol. The maximum Gasteiger partial charge on any atom is 0.326 e. The monoisotopic (exact) mass is 423 g/mol. The lowest BCUT2D eigenvalue weighted by molar-refractivity contribution is -0.139. The van der Waals surface area contributed by atoms with Crippen molar-refractivity contribution in [2.24, 2.45) is 0 Å². The molecule has 1 heterocycles. The Morgan fingerprint density at radius 2 is 1.80 bits per heavy atom. The standard InChI is InChI=1S/C21H16ClN3O3.C2H6/c22-15-7-8-16-17(10-15)24-19(23-16)11-18(21(27)28)25-20(26)14-6-5-12-3-1-2-4-13(12)9-14;1-2/h1-10,18H,11H2,(H,23,24)(H,25,26)(H,27,28);1-2H3. The first-order valence-corrected chi connectivity index (χ1v) is 10.0. The number of rotatable bonds is 5. The van der Waals surface area contributed by atoms with E-state index in [9.17, 15) is 14.7 Å². The number of fused-ring (bicyclic) bond motifs is 2. The van der Waals surface area contributed by atoms with E-state index in [-0.39, 0.29) is 6.42 Å². The Hall–Kier alpha value is -3.38. The number of amides is 1. The van der Waals surface area contributed by atoms with Gasteiger partial charge in [-0.3, -0.25) is 4.79 Å². The van der Waals surface area contributed by atoms with Crippen molar-refractivity contribution in [2.45, 2.75) is 26.3 Å². The molecule has 0 saturated carbocycles. The van der Waals surface area contributed by atoms with Crippen LogP contribution in [0.5, 0.6) is 0 Å². The topological polar surface area (TPSA) is 95.1 Å². The smallest absolute Gasteiger partial charge is 0.326 e. The van der Waals surface area contributed by atoms with Crippen molar-refractivity contribution in [3.05, 3.63) is 77.1 Å². The molecule has 30 heavy (non-hydrogen) atoms. The molecule has 0 aliphatic carbocycles. The zero-order valence-electron chi connectivity index (χ0n) is 16.6. The van der Waals surface area contributed by atoms with E-state index in [1.54, 1.807) is 30.3 Å². The average Bonchev–Trinajstić information content (AvgIpc) is 3.15. The number of aromatic amines is 1. The lowest BCUT2D eigenvalue weighted by Crippen LogP contribution is -2.42. The number of carboxylic acid groups (broad SMARTS) is 1. The van der Waals surface area contributed by atoms with Gasteiger partial charge >= 0.3 is 5.97 Å².